The Morgan fingerprint density at radius 1 is 0.967 bits per heavy atom. The Bertz CT molecular complexity index is 1210. The zero-order valence-electron chi connectivity index (χ0n) is 16.2. The van der Waals surface area contributed by atoms with Gasteiger partial charge in [0, 0.05) is 30.4 Å². The van der Waals surface area contributed by atoms with Crippen molar-refractivity contribution in [2.24, 2.45) is 0 Å². The van der Waals surface area contributed by atoms with E-state index in [4.69, 9.17) is 4.74 Å². The molecular weight excluding hydrogens is 393 g/mol. The van der Waals surface area contributed by atoms with E-state index in [9.17, 15) is 13.2 Å². The van der Waals surface area contributed by atoms with Gasteiger partial charge in [-0.1, -0.05) is 18.2 Å². The van der Waals surface area contributed by atoms with E-state index in [2.05, 4.69) is 20.3 Å². The number of aromatic nitrogens is 3. The van der Waals surface area contributed by atoms with Gasteiger partial charge in [0.05, 0.1) is 12.7 Å². The van der Waals surface area contributed by atoms with Crippen molar-refractivity contribution in [2.75, 3.05) is 19.5 Å². The molecule has 0 atom stereocenters. The molecule has 4 aromatic rings. The second kappa shape index (κ2) is 7.62. The molecule has 152 valence electrons. The molecule has 0 aliphatic carbocycles. The van der Waals surface area contributed by atoms with Crippen LogP contribution in [0, 0.1) is 0 Å². The van der Waals surface area contributed by atoms with E-state index >= 15 is 0 Å². The molecule has 0 bridgehead atoms. The number of hydrogen-bond donors (Lipinski definition) is 1. The Kier molecular flexibility index (Phi) is 4.99. The highest BCUT2D eigenvalue weighted by Crippen LogP contribution is 2.41. The lowest BCUT2D eigenvalue weighted by Crippen LogP contribution is -2.07. The zero-order valence-corrected chi connectivity index (χ0v) is 16.2. The number of hydrogen-bond acceptors (Lipinski definition) is 5. The number of benzene rings is 2. The van der Waals surface area contributed by atoms with Crippen LogP contribution in [0.15, 0.2) is 60.9 Å². The van der Waals surface area contributed by atoms with Gasteiger partial charge in [0.25, 0.3) is 0 Å². The third kappa shape index (κ3) is 3.52. The molecule has 4 rings (SSSR count). The molecule has 2 aromatic carbocycles. The number of alkyl halides is 3. The van der Waals surface area contributed by atoms with E-state index in [1.165, 1.54) is 19.2 Å². The van der Waals surface area contributed by atoms with Crippen LogP contribution in [0.4, 0.5) is 19.0 Å². The molecule has 0 fully saturated rings. The molecule has 0 saturated carbocycles. The average Bonchev–Trinajstić information content (AvgIpc) is 2.77. The van der Waals surface area contributed by atoms with Gasteiger partial charge in [0.2, 0.25) is 0 Å². The van der Waals surface area contributed by atoms with Crippen molar-refractivity contribution in [3.63, 3.8) is 0 Å². The molecule has 1 N–H and O–H groups in total. The highest BCUT2D eigenvalue weighted by atomic mass is 19.4. The second-order valence-electron chi connectivity index (χ2n) is 6.51. The lowest BCUT2D eigenvalue weighted by atomic mass is 9.97. The fourth-order valence-electron chi connectivity index (χ4n) is 3.31. The molecule has 0 aliphatic heterocycles. The maximum atomic E-state index is 13.5. The van der Waals surface area contributed by atoms with E-state index in [1.54, 1.807) is 43.7 Å². The van der Waals surface area contributed by atoms with E-state index in [1.807, 2.05) is 6.07 Å². The van der Waals surface area contributed by atoms with Crippen molar-refractivity contribution >= 4 is 16.7 Å². The number of rotatable bonds is 4. The summed E-state index contributed by atoms with van der Waals surface area (Å²) in [7, 11) is 3.15. The number of ether oxygens (including phenoxy) is 1. The van der Waals surface area contributed by atoms with Crippen LogP contribution in [0.2, 0.25) is 0 Å². The van der Waals surface area contributed by atoms with E-state index in [-0.39, 0.29) is 5.56 Å². The Morgan fingerprint density at radius 3 is 2.43 bits per heavy atom. The van der Waals surface area contributed by atoms with Gasteiger partial charge in [-0.2, -0.15) is 13.2 Å². The molecule has 2 aromatic heterocycles. The van der Waals surface area contributed by atoms with E-state index < -0.39 is 11.7 Å². The summed E-state index contributed by atoms with van der Waals surface area (Å²) in [5, 5.41) is 3.56. The summed E-state index contributed by atoms with van der Waals surface area (Å²) < 4.78 is 46.1. The summed E-state index contributed by atoms with van der Waals surface area (Å²) in [6.45, 7) is 0. The standard InChI is InChI=1S/C22H17F3N4O/c1-26-21-16-10-14(15-7-3-4-8-17(15)22(23,24)25)11-18(30-2)19(16)28-20(29-21)13-6-5-9-27-12-13/h3-12H,1-2H3,(H,26,28,29). The van der Waals surface area contributed by atoms with Crippen molar-refractivity contribution in [1.82, 2.24) is 15.0 Å². The van der Waals surface area contributed by atoms with E-state index in [0.29, 0.717) is 39.4 Å². The van der Waals surface area contributed by atoms with Crippen molar-refractivity contribution in [3.05, 3.63) is 66.5 Å². The first kappa shape index (κ1) is 19.6. The molecule has 2 heterocycles. The fourth-order valence-corrected chi connectivity index (χ4v) is 3.31. The highest BCUT2D eigenvalue weighted by molar-refractivity contribution is 5.98. The predicted octanol–water partition coefficient (Wildman–Crippen LogP) is 5.43. The minimum Gasteiger partial charge on any atom is -0.494 e. The third-order valence-corrected chi connectivity index (χ3v) is 4.69. The summed E-state index contributed by atoms with van der Waals surface area (Å²) >= 11 is 0. The Morgan fingerprint density at radius 2 is 1.77 bits per heavy atom. The lowest BCUT2D eigenvalue weighted by molar-refractivity contribution is -0.137. The molecule has 0 unspecified atom stereocenters. The van der Waals surface area contributed by atoms with Gasteiger partial charge in [-0.25, -0.2) is 9.97 Å². The van der Waals surface area contributed by atoms with Crippen molar-refractivity contribution in [2.45, 2.75) is 6.18 Å². The lowest BCUT2D eigenvalue weighted by Gasteiger charge is -2.16. The summed E-state index contributed by atoms with van der Waals surface area (Å²) in [5.74, 6) is 1.26. The largest absolute Gasteiger partial charge is 0.494 e. The smallest absolute Gasteiger partial charge is 0.417 e. The minimum absolute atomic E-state index is 0.0589. The Balaban J connectivity index is 1.99. The molecular formula is C22H17F3N4O. The zero-order chi connectivity index (χ0) is 21.3. The number of pyridine rings is 1. The van der Waals surface area contributed by atoms with Crippen LogP contribution in [0.25, 0.3) is 33.4 Å². The quantitative estimate of drug-likeness (QED) is 0.486. The van der Waals surface area contributed by atoms with Gasteiger partial charge in [0.1, 0.15) is 17.1 Å². The number of nitrogens with one attached hydrogen (secondary N) is 1. The average molecular weight is 410 g/mol. The van der Waals surface area contributed by atoms with Gasteiger partial charge >= 0.3 is 6.18 Å². The van der Waals surface area contributed by atoms with Gasteiger partial charge < -0.3 is 10.1 Å². The third-order valence-electron chi connectivity index (χ3n) is 4.69. The van der Waals surface area contributed by atoms with Crippen LogP contribution in [-0.4, -0.2) is 29.1 Å². The summed E-state index contributed by atoms with van der Waals surface area (Å²) in [6, 6.07) is 12.2. The maximum absolute atomic E-state index is 13.5. The summed E-state index contributed by atoms with van der Waals surface area (Å²) in [6.07, 6.45) is -1.19. The van der Waals surface area contributed by atoms with Crippen LogP contribution in [0.5, 0.6) is 5.75 Å². The SMILES string of the molecule is CNc1nc(-c2cccnc2)nc2c(OC)cc(-c3ccccc3C(F)(F)F)cc12. The molecule has 0 aliphatic rings. The first-order valence-electron chi connectivity index (χ1n) is 9.07. The number of anilines is 1. The highest BCUT2D eigenvalue weighted by Gasteiger charge is 2.33. The Hall–Kier alpha value is -3.68. The molecule has 0 amide bonds. The number of fused-ring (bicyclic) bond motifs is 1. The number of nitrogens with zero attached hydrogens (tertiary/aromatic N) is 3. The summed E-state index contributed by atoms with van der Waals surface area (Å²) in [5.41, 5.74) is 0.906. The number of halogens is 3. The topological polar surface area (TPSA) is 59.9 Å². The predicted molar refractivity (Wildman–Crippen MR) is 109 cm³/mol. The van der Waals surface area contributed by atoms with Crippen molar-refractivity contribution < 1.29 is 17.9 Å². The van der Waals surface area contributed by atoms with Crippen molar-refractivity contribution in [3.8, 4) is 28.3 Å². The molecule has 0 saturated heterocycles. The molecule has 30 heavy (non-hydrogen) atoms. The fraction of sp³-hybridized carbons (Fsp3) is 0.136. The summed E-state index contributed by atoms with van der Waals surface area (Å²) in [4.78, 5) is 13.2. The van der Waals surface area contributed by atoms with Crippen molar-refractivity contribution in [1.29, 1.82) is 0 Å². The number of methoxy groups -OCH3 is 1. The van der Waals surface area contributed by atoms with Crippen LogP contribution < -0.4 is 10.1 Å². The molecule has 5 nitrogen and oxygen atoms in total. The van der Waals surface area contributed by atoms with Crippen LogP contribution in [-0.2, 0) is 6.18 Å². The first-order valence-corrected chi connectivity index (χ1v) is 9.07. The van der Waals surface area contributed by atoms with Crippen LogP contribution in [0.1, 0.15) is 5.56 Å². The monoisotopic (exact) mass is 410 g/mol. The molecule has 0 spiro atoms. The van der Waals surface area contributed by atoms with Gasteiger partial charge in [0.15, 0.2) is 5.82 Å². The molecule has 8 heteroatoms. The molecule has 0 radical (unpaired) electrons. The van der Waals surface area contributed by atoms with Crippen LogP contribution in [0.3, 0.4) is 0 Å². The van der Waals surface area contributed by atoms with Gasteiger partial charge in [-0.3, -0.25) is 4.98 Å². The normalized spacial score (nSPS) is 11.5. The van der Waals surface area contributed by atoms with Gasteiger partial charge in [-0.05, 0) is 41.5 Å². The van der Waals surface area contributed by atoms with Gasteiger partial charge in [-0.15, -0.1) is 0 Å². The Labute approximate surface area is 170 Å². The second-order valence-corrected chi connectivity index (χ2v) is 6.51. The van der Waals surface area contributed by atoms with E-state index in [0.717, 1.165) is 6.07 Å². The van der Waals surface area contributed by atoms with Crippen LogP contribution >= 0.6 is 0 Å². The first-order chi connectivity index (χ1) is 14.4. The maximum Gasteiger partial charge on any atom is 0.417 e. The minimum atomic E-state index is -4.48.